The molecule has 7 nitrogen and oxygen atoms in total. The molecule has 32 heavy (non-hydrogen) atoms. The molecule has 1 atom stereocenters. The summed E-state index contributed by atoms with van der Waals surface area (Å²) in [5.74, 6) is -0.428. The number of morpholine rings is 1. The number of nitrogens with one attached hydrogen (secondary N) is 2. The van der Waals surface area contributed by atoms with Crippen molar-refractivity contribution in [3.8, 4) is 0 Å². The van der Waals surface area contributed by atoms with Crippen LogP contribution in [-0.4, -0.2) is 53.6 Å². The van der Waals surface area contributed by atoms with Crippen molar-refractivity contribution in [1.29, 1.82) is 0 Å². The predicted octanol–water partition coefficient (Wildman–Crippen LogP) is 3.62. The Balaban J connectivity index is 1.36. The van der Waals surface area contributed by atoms with Crippen LogP contribution in [0.3, 0.4) is 0 Å². The Morgan fingerprint density at radius 2 is 2.09 bits per heavy atom. The number of nitrogen functional groups attached to an aromatic ring is 1. The highest BCUT2D eigenvalue weighted by molar-refractivity contribution is 6.31. The van der Waals surface area contributed by atoms with E-state index < -0.39 is 0 Å². The quantitative estimate of drug-likeness (QED) is 0.522. The number of rotatable bonds is 3. The Morgan fingerprint density at radius 1 is 1.28 bits per heavy atom. The van der Waals surface area contributed by atoms with Gasteiger partial charge in [-0.05, 0) is 43.0 Å². The molecule has 4 N–H and O–H groups in total. The molecular formula is C23H25ClFN5O2. The monoisotopic (exact) mass is 457 g/mol. The number of anilines is 1. The molecule has 1 unspecified atom stereocenters. The summed E-state index contributed by atoms with van der Waals surface area (Å²) in [7, 11) is 0. The number of nitrogens with zero attached hydrogens (tertiary/aromatic N) is 2. The second kappa shape index (κ2) is 8.69. The van der Waals surface area contributed by atoms with Gasteiger partial charge in [0.15, 0.2) is 0 Å². The van der Waals surface area contributed by atoms with Crippen LogP contribution in [0.4, 0.5) is 10.1 Å². The Labute approximate surface area is 190 Å². The summed E-state index contributed by atoms with van der Waals surface area (Å²) in [5.41, 5.74) is 9.03. The van der Waals surface area contributed by atoms with E-state index in [0.717, 1.165) is 17.6 Å². The van der Waals surface area contributed by atoms with Gasteiger partial charge >= 0.3 is 0 Å². The lowest BCUT2D eigenvalue weighted by atomic mass is 9.87. The number of piperidine rings is 1. The Bertz CT molecular complexity index is 1150. The number of hydrogen-bond donors (Lipinski definition) is 3. The molecule has 0 radical (unpaired) electrons. The third-order valence-corrected chi connectivity index (χ3v) is 6.62. The molecule has 1 aromatic carbocycles. The van der Waals surface area contributed by atoms with E-state index in [0.29, 0.717) is 66.6 Å². The maximum atomic E-state index is 14.9. The van der Waals surface area contributed by atoms with E-state index in [1.54, 1.807) is 23.1 Å². The highest BCUT2D eigenvalue weighted by Crippen LogP contribution is 2.36. The normalized spacial score (nSPS) is 20.1. The smallest absolute Gasteiger partial charge is 0.255 e. The van der Waals surface area contributed by atoms with Crippen LogP contribution in [0.1, 0.15) is 46.5 Å². The number of carbonyl (C=O) groups excluding carboxylic acids is 1. The summed E-state index contributed by atoms with van der Waals surface area (Å²) < 4.78 is 20.8. The summed E-state index contributed by atoms with van der Waals surface area (Å²) in [6.07, 6.45) is 2.51. The van der Waals surface area contributed by atoms with Gasteiger partial charge in [-0.25, -0.2) is 9.37 Å². The van der Waals surface area contributed by atoms with E-state index in [4.69, 9.17) is 22.1 Å². The molecular weight excluding hydrogens is 433 g/mol. The molecule has 0 bridgehead atoms. The van der Waals surface area contributed by atoms with Gasteiger partial charge in [0.05, 0.1) is 18.4 Å². The summed E-state index contributed by atoms with van der Waals surface area (Å²) in [5, 5.41) is 4.60. The van der Waals surface area contributed by atoms with Gasteiger partial charge in [-0.1, -0.05) is 11.6 Å². The van der Waals surface area contributed by atoms with E-state index in [9.17, 15) is 9.18 Å². The third kappa shape index (κ3) is 3.94. The number of aromatic nitrogens is 2. The first kappa shape index (κ1) is 21.2. The lowest BCUT2D eigenvalue weighted by Crippen LogP contribution is -2.38. The fraction of sp³-hybridized carbons (Fsp3) is 0.391. The van der Waals surface area contributed by atoms with Crippen LogP contribution in [0.2, 0.25) is 5.02 Å². The van der Waals surface area contributed by atoms with Crippen molar-refractivity contribution >= 4 is 34.2 Å². The van der Waals surface area contributed by atoms with E-state index in [1.807, 2.05) is 6.07 Å². The zero-order chi connectivity index (χ0) is 22.2. The minimum Gasteiger partial charge on any atom is -0.398 e. The average molecular weight is 458 g/mol. The second-order valence-corrected chi connectivity index (χ2v) is 8.80. The van der Waals surface area contributed by atoms with Gasteiger partial charge in [0.2, 0.25) is 0 Å². The Morgan fingerprint density at radius 3 is 2.81 bits per heavy atom. The molecule has 0 saturated carbocycles. The highest BCUT2D eigenvalue weighted by atomic mass is 35.5. The maximum Gasteiger partial charge on any atom is 0.255 e. The van der Waals surface area contributed by atoms with E-state index in [2.05, 4.69) is 15.3 Å². The first-order valence-corrected chi connectivity index (χ1v) is 11.2. The van der Waals surface area contributed by atoms with E-state index >= 15 is 0 Å². The number of hydrogen-bond acceptors (Lipinski definition) is 5. The third-order valence-electron chi connectivity index (χ3n) is 6.38. The standard InChI is InChI=1S/C23H25ClFN5O2/c24-14-1-2-15(18(26)9-14)23(31)30-6-3-13(4-7-30)21-16-10-19(20-12-27-5-8-32-20)29-22(16)28-11-17(21)25/h1-2,9-11,13,20,27H,3-8,12,26H2,(H,28,29). The molecule has 2 aromatic heterocycles. The topological polar surface area (TPSA) is 96.3 Å². The Hall–Kier alpha value is -2.68. The number of halogens is 2. The largest absolute Gasteiger partial charge is 0.398 e. The molecule has 0 spiro atoms. The molecule has 2 saturated heterocycles. The number of pyridine rings is 1. The van der Waals surface area contributed by atoms with Gasteiger partial charge < -0.3 is 25.7 Å². The lowest BCUT2D eigenvalue weighted by Gasteiger charge is -2.33. The van der Waals surface area contributed by atoms with Crippen LogP contribution >= 0.6 is 11.6 Å². The molecule has 2 fully saturated rings. The molecule has 9 heteroatoms. The van der Waals surface area contributed by atoms with Gasteiger partial charge in [0.1, 0.15) is 17.6 Å². The van der Waals surface area contributed by atoms with Gasteiger partial charge in [-0.2, -0.15) is 0 Å². The average Bonchev–Trinajstić information content (AvgIpc) is 3.24. The van der Waals surface area contributed by atoms with Crippen molar-refractivity contribution in [1.82, 2.24) is 20.2 Å². The highest BCUT2D eigenvalue weighted by Gasteiger charge is 2.29. The van der Waals surface area contributed by atoms with Crippen molar-refractivity contribution in [2.75, 3.05) is 38.5 Å². The van der Waals surface area contributed by atoms with Crippen molar-refractivity contribution in [3.63, 3.8) is 0 Å². The number of ether oxygens (including phenoxy) is 1. The number of nitrogens with two attached hydrogens (primary N) is 1. The first-order chi connectivity index (χ1) is 15.5. The fourth-order valence-electron chi connectivity index (χ4n) is 4.71. The van der Waals surface area contributed by atoms with E-state index in [-0.39, 0.29) is 23.7 Å². The number of amides is 1. The number of fused-ring (bicyclic) bond motifs is 1. The van der Waals surface area contributed by atoms with Crippen molar-refractivity contribution in [2.45, 2.75) is 24.9 Å². The zero-order valence-electron chi connectivity index (χ0n) is 17.5. The molecule has 4 heterocycles. The summed E-state index contributed by atoms with van der Waals surface area (Å²) >= 11 is 5.95. The van der Waals surface area contributed by atoms with Crippen molar-refractivity contribution in [2.24, 2.45) is 0 Å². The summed E-state index contributed by atoms with van der Waals surface area (Å²) in [6, 6.07) is 6.86. The van der Waals surface area contributed by atoms with E-state index in [1.165, 1.54) is 6.20 Å². The number of benzene rings is 1. The molecule has 1 amide bonds. The van der Waals surface area contributed by atoms with Crippen LogP contribution < -0.4 is 11.1 Å². The maximum absolute atomic E-state index is 14.9. The predicted molar refractivity (Wildman–Crippen MR) is 121 cm³/mol. The summed E-state index contributed by atoms with van der Waals surface area (Å²) in [4.78, 5) is 22.3. The van der Waals surface area contributed by atoms with Gasteiger partial charge in [-0.3, -0.25) is 4.79 Å². The van der Waals surface area contributed by atoms with Crippen LogP contribution in [0, 0.1) is 5.82 Å². The lowest BCUT2D eigenvalue weighted by molar-refractivity contribution is 0.0254. The van der Waals surface area contributed by atoms with Gasteiger partial charge in [0, 0.05) is 53.5 Å². The number of likely N-dealkylation sites (tertiary alicyclic amines) is 1. The number of carbonyl (C=O) groups is 1. The molecule has 0 aliphatic carbocycles. The van der Waals surface area contributed by atoms with Crippen molar-refractivity contribution < 1.29 is 13.9 Å². The van der Waals surface area contributed by atoms with Gasteiger partial charge in [0.25, 0.3) is 5.91 Å². The van der Waals surface area contributed by atoms with Crippen LogP contribution in [-0.2, 0) is 4.74 Å². The van der Waals surface area contributed by atoms with Gasteiger partial charge in [-0.15, -0.1) is 0 Å². The molecule has 3 aromatic rings. The fourth-order valence-corrected chi connectivity index (χ4v) is 4.89. The van der Waals surface area contributed by atoms with Crippen LogP contribution in [0.25, 0.3) is 11.0 Å². The van der Waals surface area contributed by atoms with Crippen molar-refractivity contribution in [3.05, 3.63) is 58.1 Å². The molecule has 5 rings (SSSR count). The van der Waals surface area contributed by atoms with Crippen LogP contribution in [0.5, 0.6) is 0 Å². The summed E-state index contributed by atoms with van der Waals surface area (Å²) in [6.45, 7) is 3.23. The SMILES string of the molecule is Nc1cc(Cl)ccc1C(=O)N1CCC(c2c(F)cnc3[nH]c(C4CNCCO4)cc23)CC1. The molecule has 2 aliphatic rings. The minimum atomic E-state index is -0.308. The second-order valence-electron chi connectivity index (χ2n) is 8.37. The van der Waals surface area contributed by atoms with Crippen LogP contribution in [0.15, 0.2) is 30.5 Å². The first-order valence-electron chi connectivity index (χ1n) is 10.8. The Kier molecular flexibility index (Phi) is 5.75. The number of aromatic amines is 1. The zero-order valence-corrected chi connectivity index (χ0v) is 18.3. The minimum absolute atomic E-state index is 0.00108. The molecule has 2 aliphatic heterocycles. The molecule has 168 valence electrons. The number of H-pyrrole nitrogens is 1.